The molecular formula is C11H21N3O4. The zero-order chi connectivity index (χ0) is 13.4. The minimum Gasteiger partial charge on any atom is -0.481 e. The summed E-state index contributed by atoms with van der Waals surface area (Å²) in [6.45, 7) is 4.78. The number of carboxylic acids is 1. The van der Waals surface area contributed by atoms with E-state index in [-0.39, 0.29) is 6.42 Å². The number of nitrogens with two attached hydrogens (primary N) is 1. The van der Waals surface area contributed by atoms with Gasteiger partial charge in [0.15, 0.2) is 0 Å². The van der Waals surface area contributed by atoms with E-state index < -0.39 is 17.9 Å². The first kappa shape index (κ1) is 14.9. The van der Waals surface area contributed by atoms with Crippen molar-refractivity contribution in [1.29, 1.82) is 0 Å². The van der Waals surface area contributed by atoms with E-state index in [9.17, 15) is 9.59 Å². The average Bonchev–Trinajstić information content (AvgIpc) is 2.34. The summed E-state index contributed by atoms with van der Waals surface area (Å²) in [4.78, 5) is 24.0. The standard InChI is InChI=1S/C11H21N3O4/c12-9(8-10(15)16)11(17)13-2-1-3-14-4-6-18-7-5-14/h9H,1-8,12H2,(H,13,17)(H,15,16). The molecule has 1 aliphatic rings. The van der Waals surface area contributed by atoms with Crippen molar-refractivity contribution in [2.75, 3.05) is 39.4 Å². The molecule has 0 spiro atoms. The molecule has 1 saturated heterocycles. The van der Waals surface area contributed by atoms with Crippen molar-refractivity contribution in [3.05, 3.63) is 0 Å². The van der Waals surface area contributed by atoms with Gasteiger partial charge in [-0.2, -0.15) is 0 Å². The number of morpholine rings is 1. The number of ether oxygens (including phenoxy) is 1. The highest BCUT2D eigenvalue weighted by atomic mass is 16.5. The van der Waals surface area contributed by atoms with Gasteiger partial charge in [-0.05, 0) is 13.0 Å². The Kier molecular flexibility index (Phi) is 6.63. The molecule has 7 nitrogen and oxygen atoms in total. The monoisotopic (exact) mass is 259 g/mol. The summed E-state index contributed by atoms with van der Waals surface area (Å²) in [6.07, 6.45) is 0.487. The van der Waals surface area contributed by atoms with Gasteiger partial charge in [0, 0.05) is 19.6 Å². The summed E-state index contributed by atoms with van der Waals surface area (Å²) in [5.74, 6) is -1.47. The van der Waals surface area contributed by atoms with Crippen LogP contribution in [0.5, 0.6) is 0 Å². The summed E-state index contributed by atoms with van der Waals surface area (Å²) in [5.41, 5.74) is 5.42. The molecule has 0 aromatic carbocycles. The molecule has 0 bridgehead atoms. The molecule has 1 fully saturated rings. The lowest BCUT2D eigenvalue weighted by Crippen LogP contribution is -2.43. The highest BCUT2D eigenvalue weighted by Crippen LogP contribution is 1.97. The van der Waals surface area contributed by atoms with E-state index in [0.717, 1.165) is 39.3 Å². The first-order valence-corrected chi connectivity index (χ1v) is 6.15. The number of nitrogens with one attached hydrogen (secondary N) is 1. The van der Waals surface area contributed by atoms with Gasteiger partial charge >= 0.3 is 5.97 Å². The molecule has 1 amide bonds. The summed E-state index contributed by atoms with van der Waals surface area (Å²) in [5, 5.41) is 11.1. The summed E-state index contributed by atoms with van der Waals surface area (Å²) >= 11 is 0. The Bertz CT molecular complexity index is 279. The number of hydrogen-bond donors (Lipinski definition) is 3. The van der Waals surface area contributed by atoms with Gasteiger partial charge in [-0.3, -0.25) is 14.5 Å². The molecule has 0 aromatic heterocycles. The van der Waals surface area contributed by atoms with Crippen molar-refractivity contribution in [2.24, 2.45) is 5.73 Å². The fourth-order valence-corrected chi connectivity index (χ4v) is 1.75. The topological polar surface area (TPSA) is 105 Å². The van der Waals surface area contributed by atoms with Gasteiger partial charge in [0.1, 0.15) is 0 Å². The molecule has 1 heterocycles. The fourth-order valence-electron chi connectivity index (χ4n) is 1.75. The van der Waals surface area contributed by atoms with Crippen LogP contribution < -0.4 is 11.1 Å². The maximum absolute atomic E-state index is 11.4. The van der Waals surface area contributed by atoms with Gasteiger partial charge in [-0.25, -0.2) is 0 Å². The number of hydrogen-bond acceptors (Lipinski definition) is 5. The second-order valence-corrected chi connectivity index (χ2v) is 4.30. The van der Waals surface area contributed by atoms with Crippen molar-refractivity contribution in [3.63, 3.8) is 0 Å². The number of carboxylic acid groups (broad SMARTS) is 1. The molecule has 0 aliphatic carbocycles. The molecule has 1 atom stereocenters. The number of carbonyl (C=O) groups is 2. The number of aliphatic carboxylic acids is 1. The van der Waals surface area contributed by atoms with Crippen LogP contribution in [-0.4, -0.2) is 67.3 Å². The molecule has 18 heavy (non-hydrogen) atoms. The summed E-state index contributed by atoms with van der Waals surface area (Å²) < 4.78 is 5.23. The molecule has 1 unspecified atom stereocenters. The Balaban J connectivity index is 2.05. The van der Waals surface area contributed by atoms with Gasteiger partial charge in [-0.15, -0.1) is 0 Å². The van der Waals surface area contributed by atoms with Crippen molar-refractivity contribution < 1.29 is 19.4 Å². The molecule has 0 saturated carbocycles. The Morgan fingerprint density at radius 1 is 1.39 bits per heavy atom. The third-order valence-electron chi connectivity index (χ3n) is 2.79. The lowest BCUT2D eigenvalue weighted by molar-refractivity contribution is -0.139. The van der Waals surface area contributed by atoms with Gasteiger partial charge < -0.3 is 20.9 Å². The van der Waals surface area contributed by atoms with Crippen molar-refractivity contribution in [2.45, 2.75) is 18.9 Å². The van der Waals surface area contributed by atoms with Gasteiger partial charge in [0.2, 0.25) is 5.91 Å². The second-order valence-electron chi connectivity index (χ2n) is 4.30. The highest BCUT2D eigenvalue weighted by Gasteiger charge is 2.16. The smallest absolute Gasteiger partial charge is 0.305 e. The van der Waals surface area contributed by atoms with E-state index in [1.165, 1.54) is 0 Å². The molecule has 7 heteroatoms. The number of amides is 1. The van der Waals surface area contributed by atoms with E-state index in [1.54, 1.807) is 0 Å². The van der Waals surface area contributed by atoms with Crippen LogP contribution in [-0.2, 0) is 14.3 Å². The highest BCUT2D eigenvalue weighted by molar-refractivity contribution is 5.85. The lowest BCUT2D eigenvalue weighted by Gasteiger charge is -2.26. The Hall–Kier alpha value is -1.18. The lowest BCUT2D eigenvalue weighted by atomic mass is 10.2. The predicted octanol–water partition coefficient (Wildman–Crippen LogP) is -1.37. The van der Waals surface area contributed by atoms with Gasteiger partial charge in [-0.1, -0.05) is 0 Å². The third-order valence-corrected chi connectivity index (χ3v) is 2.79. The van der Waals surface area contributed by atoms with E-state index in [4.69, 9.17) is 15.6 Å². The van der Waals surface area contributed by atoms with Crippen molar-refractivity contribution in [1.82, 2.24) is 10.2 Å². The number of nitrogens with zero attached hydrogens (tertiary/aromatic N) is 1. The maximum atomic E-state index is 11.4. The first-order valence-electron chi connectivity index (χ1n) is 6.15. The van der Waals surface area contributed by atoms with Crippen LogP contribution in [0.15, 0.2) is 0 Å². The van der Waals surface area contributed by atoms with Crippen LogP contribution in [0, 0.1) is 0 Å². The van der Waals surface area contributed by atoms with Crippen LogP contribution in [0.3, 0.4) is 0 Å². The normalized spacial score (nSPS) is 18.3. The molecule has 0 aromatic rings. The van der Waals surface area contributed by atoms with Crippen LogP contribution in [0.4, 0.5) is 0 Å². The zero-order valence-corrected chi connectivity index (χ0v) is 10.4. The second kappa shape index (κ2) is 8.02. The summed E-state index contributed by atoms with van der Waals surface area (Å²) in [6, 6.07) is -0.967. The Morgan fingerprint density at radius 3 is 2.67 bits per heavy atom. The average molecular weight is 259 g/mol. The van der Waals surface area contributed by atoms with E-state index in [1.807, 2.05) is 0 Å². The Labute approximate surface area is 106 Å². The number of carbonyl (C=O) groups excluding carboxylic acids is 1. The Morgan fingerprint density at radius 2 is 2.06 bits per heavy atom. The molecule has 104 valence electrons. The first-order chi connectivity index (χ1) is 8.59. The maximum Gasteiger partial charge on any atom is 0.305 e. The van der Waals surface area contributed by atoms with Crippen LogP contribution in [0.25, 0.3) is 0 Å². The van der Waals surface area contributed by atoms with Crippen molar-refractivity contribution >= 4 is 11.9 Å². The minimum absolute atomic E-state index is 0.338. The molecule has 1 rings (SSSR count). The summed E-state index contributed by atoms with van der Waals surface area (Å²) in [7, 11) is 0. The van der Waals surface area contributed by atoms with E-state index in [2.05, 4.69) is 10.2 Å². The SMILES string of the molecule is NC(CC(=O)O)C(=O)NCCCN1CCOCC1. The van der Waals surface area contributed by atoms with Crippen LogP contribution >= 0.6 is 0 Å². The molecule has 4 N–H and O–H groups in total. The third kappa shape index (κ3) is 5.95. The van der Waals surface area contributed by atoms with E-state index in [0.29, 0.717) is 6.54 Å². The largest absolute Gasteiger partial charge is 0.481 e. The van der Waals surface area contributed by atoms with Crippen molar-refractivity contribution in [3.8, 4) is 0 Å². The van der Waals surface area contributed by atoms with Crippen LogP contribution in [0.1, 0.15) is 12.8 Å². The fraction of sp³-hybridized carbons (Fsp3) is 0.818. The predicted molar refractivity (Wildman–Crippen MR) is 65.1 cm³/mol. The van der Waals surface area contributed by atoms with Gasteiger partial charge in [0.25, 0.3) is 0 Å². The number of rotatable bonds is 7. The molecule has 0 radical (unpaired) electrons. The molecular weight excluding hydrogens is 238 g/mol. The molecule has 1 aliphatic heterocycles. The van der Waals surface area contributed by atoms with E-state index >= 15 is 0 Å². The van der Waals surface area contributed by atoms with Crippen LogP contribution in [0.2, 0.25) is 0 Å². The minimum atomic E-state index is -1.06. The van der Waals surface area contributed by atoms with Gasteiger partial charge in [0.05, 0.1) is 25.7 Å². The quantitative estimate of drug-likeness (QED) is 0.487. The zero-order valence-electron chi connectivity index (χ0n) is 10.4.